The molecule has 2 aliphatic rings. The first-order valence-electron chi connectivity index (χ1n) is 9.37. The number of carbonyl (C=O) groups is 1. The van der Waals surface area contributed by atoms with E-state index in [9.17, 15) is 4.79 Å². The average molecular weight is 392 g/mol. The van der Waals surface area contributed by atoms with Gasteiger partial charge in [-0.15, -0.1) is 0 Å². The molecule has 1 aliphatic carbocycles. The summed E-state index contributed by atoms with van der Waals surface area (Å²) in [5.74, 6) is 2.73. The van der Waals surface area contributed by atoms with Crippen LogP contribution in [0.1, 0.15) is 36.1 Å². The number of furan rings is 1. The lowest BCUT2D eigenvalue weighted by molar-refractivity contribution is -0.117. The molecule has 3 heterocycles. The lowest BCUT2D eigenvalue weighted by Gasteiger charge is -2.34. The van der Waals surface area contributed by atoms with Crippen molar-refractivity contribution in [2.24, 2.45) is 0 Å². The molecule has 148 valence electrons. The number of hydrogen-bond acceptors (Lipinski definition) is 7. The van der Waals surface area contributed by atoms with E-state index in [2.05, 4.69) is 15.4 Å². The number of nitrogens with zero attached hydrogens (tertiary/aromatic N) is 3. The fraction of sp³-hybridized carbons (Fsp3) is 0.286. The van der Waals surface area contributed by atoms with Crippen LogP contribution in [0.2, 0.25) is 0 Å². The van der Waals surface area contributed by atoms with Crippen LogP contribution in [0, 0.1) is 0 Å². The second-order valence-electron chi connectivity index (χ2n) is 7.11. The first kappa shape index (κ1) is 17.5. The molecule has 2 aromatic heterocycles. The predicted molar refractivity (Wildman–Crippen MR) is 104 cm³/mol. The number of Topliss-reactive ketones (excluding diaryl/α,β-unsaturated/α-hetero) is 1. The zero-order valence-electron chi connectivity index (χ0n) is 16.1. The molecule has 0 unspecified atom stereocenters. The zero-order chi connectivity index (χ0) is 20.0. The summed E-state index contributed by atoms with van der Waals surface area (Å²) in [4.78, 5) is 17.6. The molecule has 1 aromatic carbocycles. The summed E-state index contributed by atoms with van der Waals surface area (Å²) in [6.45, 7) is 0. The maximum atomic E-state index is 13.3. The Morgan fingerprint density at radius 2 is 2.03 bits per heavy atom. The Morgan fingerprint density at radius 1 is 1.17 bits per heavy atom. The third-order valence-corrected chi connectivity index (χ3v) is 5.53. The van der Waals surface area contributed by atoms with Crippen molar-refractivity contribution in [3.8, 4) is 11.5 Å². The minimum atomic E-state index is -0.381. The molecule has 2 atom stereocenters. The molecule has 0 spiro atoms. The third kappa shape index (κ3) is 2.79. The van der Waals surface area contributed by atoms with Crippen molar-refractivity contribution in [2.75, 3.05) is 19.5 Å². The molecule has 0 fully saturated rings. The highest BCUT2D eigenvalue weighted by atomic mass is 16.5. The van der Waals surface area contributed by atoms with Crippen LogP contribution in [0.5, 0.6) is 11.5 Å². The van der Waals surface area contributed by atoms with Gasteiger partial charge in [-0.3, -0.25) is 4.79 Å². The number of aromatic nitrogens is 3. The number of rotatable bonds is 4. The molecule has 8 nitrogen and oxygen atoms in total. The Labute approximate surface area is 167 Å². The van der Waals surface area contributed by atoms with Gasteiger partial charge in [0.15, 0.2) is 17.3 Å². The van der Waals surface area contributed by atoms with Gasteiger partial charge in [-0.05, 0) is 36.2 Å². The van der Waals surface area contributed by atoms with Crippen LogP contribution < -0.4 is 14.8 Å². The maximum Gasteiger partial charge on any atom is 0.226 e. The summed E-state index contributed by atoms with van der Waals surface area (Å²) in [6.07, 6.45) is 4.19. The molecular weight excluding hydrogens is 372 g/mol. The van der Waals surface area contributed by atoms with E-state index < -0.39 is 0 Å². The standard InChI is InChI=1S/C21H20N4O4/c1-27-17-6-5-12(10-18(17)28-2)20-19-14(24-21-22-11-23-25(20)21)8-13(9-15(19)26)16-4-3-7-29-16/h3-7,10-11,13,20H,8-9H2,1-2H3,(H,22,23,24)/t13-,20-/m0/s1. The van der Waals surface area contributed by atoms with E-state index in [0.29, 0.717) is 35.9 Å². The van der Waals surface area contributed by atoms with E-state index in [1.54, 1.807) is 25.2 Å². The number of allylic oxidation sites excluding steroid dienone is 2. The molecule has 3 aromatic rings. The fourth-order valence-corrected chi connectivity index (χ4v) is 4.21. The van der Waals surface area contributed by atoms with E-state index in [4.69, 9.17) is 13.9 Å². The lowest BCUT2D eigenvalue weighted by atomic mass is 9.79. The van der Waals surface area contributed by atoms with Gasteiger partial charge in [-0.1, -0.05) is 6.07 Å². The first-order chi connectivity index (χ1) is 14.2. The van der Waals surface area contributed by atoms with E-state index in [1.165, 1.54) is 6.33 Å². The number of carbonyl (C=O) groups excluding carboxylic acids is 1. The van der Waals surface area contributed by atoms with Gasteiger partial charge < -0.3 is 19.2 Å². The number of nitrogens with one attached hydrogen (secondary N) is 1. The summed E-state index contributed by atoms with van der Waals surface area (Å²) >= 11 is 0. The molecule has 5 rings (SSSR count). The van der Waals surface area contributed by atoms with Crippen LogP contribution >= 0.6 is 0 Å². The van der Waals surface area contributed by atoms with E-state index in [1.807, 2.05) is 30.3 Å². The number of fused-ring (bicyclic) bond motifs is 1. The van der Waals surface area contributed by atoms with Gasteiger partial charge in [-0.25, -0.2) is 4.68 Å². The fourth-order valence-electron chi connectivity index (χ4n) is 4.21. The summed E-state index contributed by atoms with van der Waals surface area (Å²) < 4.78 is 18.1. The monoisotopic (exact) mass is 392 g/mol. The summed E-state index contributed by atoms with van der Waals surface area (Å²) in [7, 11) is 3.19. The van der Waals surface area contributed by atoms with Crippen LogP contribution in [0.3, 0.4) is 0 Å². The van der Waals surface area contributed by atoms with Gasteiger partial charge in [0, 0.05) is 23.6 Å². The van der Waals surface area contributed by atoms with Crippen LogP contribution in [0.15, 0.2) is 58.6 Å². The van der Waals surface area contributed by atoms with Crippen molar-refractivity contribution < 1.29 is 18.7 Å². The quantitative estimate of drug-likeness (QED) is 0.728. The van der Waals surface area contributed by atoms with Gasteiger partial charge in [0.2, 0.25) is 5.95 Å². The van der Waals surface area contributed by atoms with Gasteiger partial charge >= 0.3 is 0 Å². The zero-order valence-corrected chi connectivity index (χ0v) is 16.1. The summed E-state index contributed by atoms with van der Waals surface area (Å²) in [5, 5.41) is 7.68. The van der Waals surface area contributed by atoms with E-state index in [0.717, 1.165) is 17.0 Å². The predicted octanol–water partition coefficient (Wildman–Crippen LogP) is 3.30. The molecule has 0 saturated carbocycles. The number of ketones is 1. The van der Waals surface area contributed by atoms with Gasteiger partial charge in [-0.2, -0.15) is 10.1 Å². The second kappa shape index (κ2) is 6.80. The number of methoxy groups -OCH3 is 2. The first-order valence-corrected chi connectivity index (χ1v) is 9.37. The molecule has 0 amide bonds. The van der Waals surface area contributed by atoms with Crippen molar-refractivity contribution in [2.45, 2.75) is 24.8 Å². The van der Waals surface area contributed by atoms with E-state index in [-0.39, 0.29) is 17.7 Å². The molecule has 8 heteroatoms. The van der Waals surface area contributed by atoms with Crippen molar-refractivity contribution >= 4 is 11.7 Å². The van der Waals surface area contributed by atoms with Crippen molar-refractivity contribution in [1.82, 2.24) is 14.8 Å². The van der Waals surface area contributed by atoms with Crippen molar-refractivity contribution in [1.29, 1.82) is 0 Å². The Balaban J connectivity index is 1.62. The molecule has 0 saturated heterocycles. The SMILES string of the molecule is COc1ccc([C@H]2C3=C(C[C@H](c4ccco4)CC3=O)Nc3ncnn32)cc1OC. The molecular formula is C21H20N4O4. The van der Waals surface area contributed by atoms with Crippen LogP contribution in [-0.4, -0.2) is 34.8 Å². The van der Waals surface area contributed by atoms with Gasteiger partial charge in [0.05, 0.1) is 20.5 Å². The minimum Gasteiger partial charge on any atom is -0.493 e. The van der Waals surface area contributed by atoms with Crippen LogP contribution in [0.25, 0.3) is 0 Å². The van der Waals surface area contributed by atoms with Crippen molar-refractivity contribution in [3.63, 3.8) is 0 Å². The highest BCUT2D eigenvalue weighted by Crippen LogP contribution is 2.45. The number of ether oxygens (including phenoxy) is 2. The highest BCUT2D eigenvalue weighted by Gasteiger charge is 2.40. The Morgan fingerprint density at radius 3 is 2.79 bits per heavy atom. The Hall–Kier alpha value is -3.55. The Kier molecular flexibility index (Phi) is 4.12. The molecule has 1 N–H and O–H groups in total. The number of hydrogen-bond donors (Lipinski definition) is 1. The van der Waals surface area contributed by atoms with Crippen LogP contribution in [0.4, 0.5) is 5.95 Å². The van der Waals surface area contributed by atoms with E-state index >= 15 is 0 Å². The Bertz CT molecular complexity index is 1100. The average Bonchev–Trinajstić information content (AvgIpc) is 3.43. The second-order valence-corrected chi connectivity index (χ2v) is 7.11. The van der Waals surface area contributed by atoms with Crippen molar-refractivity contribution in [3.05, 3.63) is 65.5 Å². The van der Waals surface area contributed by atoms with Gasteiger partial charge in [0.25, 0.3) is 0 Å². The smallest absolute Gasteiger partial charge is 0.226 e. The summed E-state index contributed by atoms with van der Waals surface area (Å²) in [5.41, 5.74) is 2.45. The van der Waals surface area contributed by atoms with Crippen LogP contribution in [-0.2, 0) is 4.79 Å². The molecule has 29 heavy (non-hydrogen) atoms. The lowest BCUT2D eigenvalue weighted by Crippen LogP contribution is -2.33. The normalized spacial score (nSPS) is 20.7. The molecule has 0 bridgehead atoms. The minimum absolute atomic E-state index is 0.00396. The molecule has 1 aliphatic heterocycles. The topological polar surface area (TPSA) is 91.4 Å². The number of anilines is 1. The number of benzene rings is 1. The summed E-state index contributed by atoms with van der Waals surface area (Å²) in [6, 6.07) is 9.04. The highest BCUT2D eigenvalue weighted by molar-refractivity contribution is 6.00. The van der Waals surface area contributed by atoms with Gasteiger partial charge in [0.1, 0.15) is 18.1 Å². The largest absolute Gasteiger partial charge is 0.493 e. The third-order valence-electron chi connectivity index (χ3n) is 5.53. The molecule has 0 radical (unpaired) electrons. The maximum absolute atomic E-state index is 13.3.